The van der Waals surface area contributed by atoms with Crippen LogP contribution in [0.5, 0.6) is 5.75 Å². The number of fused-ring (bicyclic) bond motifs is 3. The van der Waals surface area contributed by atoms with E-state index in [9.17, 15) is 13.6 Å². The van der Waals surface area contributed by atoms with Gasteiger partial charge in [0.25, 0.3) is 12.0 Å². The summed E-state index contributed by atoms with van der Waals surface area (Å²) in [7, 11) is 1.26. The van der Waals surface area contributed by atoms with Gasteiger partial charge in [-0.25, -0.2) is 19.2 Å². The summed E-state index contributed by atoms with van der Waals surface area (Å²) < 4.78 is 42.1. The molecule has 0 unspecified atom stereocenters. The van der Waals surface area contributed by atoms with Gasteiger partial charge in [0.15, 0.2) is 17.2 Å². The Morgan fingerprint density at radius 1 is 1.18 bits per heavy atom. The Balaban J connectivity index is 1.58. The molecule has 9 nitrogen and oxygen atoms in total. The number of methoxy groups -OCH3 is 1. The molecule has 1 aromatic carbocycles. The number of hydrogen-bond donors (Lipinski definition) is 0. The van der Waals surface area contributed by atoms with Crippen LogP contribution in [0.1, 0.15) is 25.0 Å². The fraction of sp³-hybridized carbons (Fsp3) is 0.391. The lowest BCUT2D eigenvalue weighted by Crippen LogP contribution is -2.44. The Bertz CT molecular complexity index is 1430. The number of pyridine rings is 1. The van der Waals surface area contributed by atoms with E-state index >= 15 is 0 Å². The second kappa shape index (κ2) is 8.73. The van der Waals surface area contributed by atoms with E-state index in [1.54, 1.807) is 6.20 Å². The van der Waals surface area contributed by atoms with Gasteiger partial charge in [-0.15, -0.1) is 0 Å². The maximum atomic E-state index is 14.7. The van der Waals surface area contributed by atoms with Crippen molar-refractivity contribution in [3.05, 3.63) is 64.0 Å². The lowest BCUT2D eigenvalue weighted by atomic mass is 10.1. The average Bonchev–Trinajstić information content (AvgIpc) is 3.29. The highest BCUT2D eigenvalue weighted by atomic mass is 19.2. The second-order valence-corrected chi connectivity index (χ2v) is 8.64. The third kappa shape index (κ3) is 3.90. The predicted molar refractivity (Wildman–Crippen MR) is 119 cm³/mol. The number of benzene rings is 1. The molecule has 2 atom stereocenters. The summed E-state index contributed by atoms with van der Waals surface area (Å²) in [6.07, 6.45) is 3.39. The quantitative estimate of drug-likeness (QED) is 0.441. The van der Waals surface area contributed by atoms with Crippen molar-refractivity contribution in [2.45, 2.75) is 39.1 Å². The van der Waals surface area contributed by atoms with E-state index < -0.39 is 17.3 Å². The average molecular weight is 471 g/mol. The van der Waals surface area contributed by atoms with Gasteiger partial charge in [0.1, 0.15) is 0 Å². The van der Waals surface area contributed by atoms with Gasteiger partial charge < -0.3 is 9.47 Å². The molecule has 4 heterocycles. The molecule has 178 valence electrons. The molecule has 1 aliphatic heterocycles. The number of rotatable bonds is 5. The molecule has 5 rings (SSSR count). The molecule has 34 heavy (non-hydrogen) atoms. The molecule has 0 radical (unpaired) electrons. The van der Waals surface area contributed by atoms with Crippen LogP contribution in [0.2, 0.25) is 0 Å². The summed E-state index contributed by atoms with van der Waals surface area (Å²) in [5.41, 5.74) is 1.26. The second-order valence-electron chi connectivity index (χ2n) is 8.64. The number of nitrogens with one attached hydrogen (secondary N) is 1. The van der Waals surface area contributed by atoms with Gasteiger partial charge in [-0.3, -0.25) is 9.47 Å². The molecule has 0 aliphatic carbocycles. The summed E-state index contributed by atoms with van der Waals surface area (Å²) >= 11 is 0. The first kappa shape index (κ1) is 22.4. The van der Waals surface area contributed by atoms with Crippen LogP contribution in [-0.2, 0) is 17.8 Å². The molecule has 1 fully saturated rings. The van der Waals surface area contributed by atoms with Gasteiger partial charge in [0, 0.05) is 36.5 Å². The van der Waals surface area contributed by atoms with Crippen LogP contribution in [0.25, 0.3) is 16.7 Å². The van der Waals surface area contributed by atoms with Crippen molar-refractivity contribution in [2.24, 2.45) is 0 Å². The van der Waals surface area contributed by atoms with Crippen molar-refractivity contribution in [1.82, 2.24) is 24.1 Å². The Hall–Kier alpha value is -3.44. The van der Waals surface area contributed by atoms with Gasteiger partial charge in [-0.1, -0.05) is 6.07 Å². The van der Waals surface area contributed by atoms with E-state index in [0.29, 0.717) is 23.2 Å². The molecule has 0 amide bonds. The Morgan fingerprint density at radius 3 is 2.68 bits per heavy atom. The van der Waals surface area contributed by atoms with Crippen LogP contribution in [0.3, 0.4) is 0 Å². The molecule has 11 heteroatoms. The fourth-order valence-electron chi connectivity index (χ4n) is 4.62. The SMILES string of the molecule is COc1ccc(Cn2c(=O)n3nc[nH+]c3c3cc(CN4C[C@@H](C)O[C@@H](C)C4)cnc32)c(F)c1F. The fourth-order valence-corrected chi connectivity index (χ4v) is 4.62. The van der Waals surface area contributed by atoms with Crippen molar-refractivity contribution in [3.8, 4) is 5.75 Å². The number of H-pyrrole nitrogens is 1. The number of halogens is 2. The number of ether oxygens (including phenoxy) is 2. The monoisotopic (exact) mass is 471 g/mol. The molecule has 1 aliphatic rings. The minimum atomic E-state index is -1.10. The van der Waals surface area contributed by atoms with Crippen molar-refractivity contribution in [2.75, 3.05) is 20.2 Å². The van der Waals surface area contributed by atoms with Crippen molar-refractivity contribution < 1.29 is 23.2 Å². The molecule has 0 saturated carbocycles. The van der Waals surface area contributed by atoms with E-state index in [1.807, 2.05) is 19.9 Å². The lowest BCUT2D eigenvalue weighted by molar-refractivity contribution is -0.345. The Morgan fingerprint density at radius 2 is 1.94 bits per heavy atom. The van der Waals surface area contributed by atoms with E-state index in [4.69, 9.17) is 9.47 Å². The van der Waals surface area contributed by atoms with Gasteiger partial charge in [0.2, 0.25) is 5.82 Å². The van der Waals surface area contributed by atoms with Crippen LogP contribution in [-0.4, -0.2) is 56.5 Å². The summed E-state index contributed by atoms with van der Waals surface area (Å²) in [4.78, 5) is 23.0. The number of aromatic nitrogens is 5. The first-order valence-electron chi connectivity index (χ1n) is 11.0. The third-order valence-electron chi connectivity index (χ3n) is 6.01. The van der Waals surface area contributed by atoms with Gasteiger partial charge in [0.05, 0.1) is 31.2 Å². The van der Waals surface area contributed by atoms with Gasteiger partial charge in [-0.05, 0) is 36.1 Å². The molecule has 1 N–H and O–H groups in total. The summed E-state index contributed by atoms with van der Waals surface area (Å²) in [5, 5.41) is 4.74. The van der Waals surface area contributed by atoms with Crippen LogP contribution < -0.4 is 15.4 Å². The maximum absolute atomic E-state index is 14.7. The standard InChI is InChI=1S/C23H24F2N6O3/c1-13-8-29(9-14(2)34-13)10-15-6-17-21(26-7-15)30(23(32)31-22(17)27-12-28-31)11-16-4-5-18(33-3)20(25)19(16)24/h4-7,12-14H,8-11H2,1-3H3/p+1/t13-,14+. The van der Waals surface area contributed by atoms with E-state index in [0.717, 1.165) is 18.7 Å². The molecular formula is C23H25F2N6O3+. The molecule has 0 spiro atoms. The zero-order valence-electron chi connectivity index (χ0n) is 19.1. The number of nitrogens with zero attached hydrogens (tertiary/aromatic N) is 5. The van der Waals surface area contributed by atoms with Gasteiger partial charge in [-0.2, -0.15) is 4.39 Å². The van der Waals surface area contributed by atoms with Crippen LogP contribution >= 0.6 is 0 Å². The Kier molecular flexibility index (Phi) is 5.74. The summed E-state index contributed by atoms with van der Waals surface area (Å²) in [5.74, 6) is -2.38. The highest BCUT2D eigenvalue weighted by Crippen LogP contribution is 2.24. The summed E-state index contributed by atoms with van der Waals surface area (Å²) in [6.45, 7) is 6.15. The molecule has 0 bridgehead atoms. The van der Waals surface area contributed by atoms with E-state index in [-0.39, 0.29) is 30.1 Å². The zero-order valence-corrected chi connectivity index (χ0v) is 19.1. The number of aromatic amines is 1. The topological polar surface area (TPSA) is 88.0 Å². The van der Waals surface area contributed by atoms with Crippen molar-refractivity contribution >= 4 is 16.7 Å². The minimum Gasteiger partial charge on any atom is -0.494 e. The Labute approximate surface area is 193 Å². The maximum Gasteiger partial charge on any atom is 0.425 e. The summed E-state index contributed by atoms with van der Waals surface area (Å²) in [6, 6.07) is 4.67. The first-order valence-corrected chi connectivity index (χ1v) is 11.0. The third-order valence-corrected chi connectivity index (χ3v) is 6.01. The molecule has 3 aromatic heterocycles. The van der Waals surface area contributed by atoms with Crippen molar-refractivity contribution in [3.63, 3.8) is 0 Å². The highest BCUT2D eigenvalue weighted by Gasteiger charge is 2.24. The van der Waals surface area contributed by atoms with Crippen molar-refractivity contribution in [1.29, 1.82) is 0 Å². The van der Waals surface area contributed by atoms with Gasteiger partial charge >= 0.3 is 5.69 Å². The molecule has 4 aromatic rings. The van der Waals surface area contributed by atoms with E-state index in [1.165, 1.54) is 34.7 Å². The van der Waals surface area contributed by atoms with Crippen LogP contribution in [0.4, 0.5) is 8.78 Å². The lowest BCUT2D eigenvalue weighted by Gasteiger charge is -2.35. The smallest absolute Gasteiger partial charge is 0.425 e. The zero-order chi connectivity index (χ0) is 24.0. The normalized spacial score (nSPS) is 19.2. The van der Waals surface area contributed by atoms with Crippen LogP contribution in [0.15, 0.2) is 35.5 Å². The largest absolute Gasteiger partial charge is 0.494 e. The molecule has 1 saturated heterocycles. The van der Waals surface area contributed by atoms with Crippen LogP contribution in [0, 0.1) is 11.6 Å². The number of hydrogen-bond acceptors (Lipinski definition) is 6. The first-order chi connectivity index (χ1) is 16.4. The minimum absolute atomic E-state index is 0.000598. The highest BCUT2D eigenvalue weighted by molar-refractivity contribution is 5.87. The van der Waals surface area contributed by atoms with E-state index in [2.05, 4.69) is 20.0 Å². The number of morpholine rings is 1. The molecular weight excluding hydrogens is 446 g/mol. The predicted octanol–water partition coefficient (Wildman–Crippen LogP) is 1.80.